The molecule has 0 atom stereocenters. The molecular weight excluding hydrogens is 644 g/mol. The molecule has 0 spiro atoms. The molecule has 3 aromatic heterocycles. The number of aliphatic carboxylic acids is 2. The van der Waals surface area contributed by atoms with Crippen LogP contribution in [-0.2, 0) is 20.8 Å². The van der Waals surface area contributed by atoms with Gasteiger partial charge in [0.05, 0.1) is 22.8 Å². The number of amides is 1. The third kappa shape index (κ3) is 8.98. The molecule has 0 aromatic carbocycles. The summed E-state index contributed by atoms with van der Waals surface area (Å²) in [7, 11) is 4.03. The highest BCUT2D eigenvalue weighted by Crippen LogP contribution is 2.36. The Morgan fingerprint density at radius 1 is 0.784 bits per heavy atom. The fourth-order valence-corrected chi connectivity index (χ4v) is 6.33. The fraction of sp³-hybridized carbons (Fsp3) is 0.325. The van der Waals surface area contributed by atoms with E-state index in [-0.39, 0.29) is 12.8 Å². The van der Waals surface area contributed by atoms with Gasteiger partial charge in [-0.15, -0.1) is 0 Å². The first-order chi connectivity index (χ1) is 24.3. The average Bonchev–Trinajstić information content (AvgIpc) is 3.74. The van der Waals surface area contributed by atoms with Gasteiger partial charge in [0.1, 0.15) is 0 Å². The van der Waals surface area contributed by atoms with Crippen LogP contribution in [0.4, 0.5) is 0 Å². The second kappa shape index (κ2) is 16.9. The van der Waals surface area contributed by atoms with Crippen molar-refractivity contribution >= 4 is 68.8 Å². The summed E-state index contributed by atoms with van der Waals surface area (Å²) < 4.78 is 0. The van der Waals surface area contributed by atoms with Gasteiger partial charge in [-0.25, -0.2) is 9.97 Å². The topological polar surface area (TPSA) is 164 Å². The number of H-pyrrole nitrogens is 2. The number of hydrogen-bond acceptors (Lipinski definition) is 6. The highest BCUT2D eigenvalue weighted by atomic mass is 16.4. The van der Waals surface area contributed by atoms with Crippen LogP contribution in [0.2, 0.25) is 0 Å². The molecule has 2 aliphatic rings. The van der Waals surface area contributed by atoms with Gasteiger partial charge in [0.15, 0.2) is 0 Å². The summed E-state index contributed by atoms with van der Waals surface area (Å²) in [6.45, 7) is 17.9. The van der Waals surface area contributed by atoms with Crippen molar-refractivity contribution in [3.8, 4) is 0 Å². The molecule has 1 amide bonds. The van der Waals surface area contributed by atoms with E-state index < -0.39 is 11.9 Å². The summed E-state index contributed by atoms with van der Waals surface area (Å²) in [5, 5.41) is 21.5. The summed E-state index contributed by atoms with van der Waals surface area (Å²) in [5.74, 6) is -1.76. The van der Waals surface area contributed by atoms with Crippen LogP contribution in [0, 0.1) is 13.8 Å². The minimum atomic E-state index is -0.883. The molecular formula is C40H48N6O5. The molecule has 268 valence electrons. The first-order valence-electron chi connectivity index (χ1n) is 17.0. The number of aryl methyl sites for hydroxylation is 3. The Kier molecular flexibility index (Phi) is 12.7. The van der Waals surface area contributed by atoms with Crippen LogP contribution in [0.15, 0.2) is 43.5 Å². The van der Waals surface area contributed by atoms with E-state index in [0.717, 1.165) is 110 Å². The molecule has 0 radical (unpaired) electrons. The maximum Gasteiger partial charge on any atom is 0.303 e. The first-order valence-corrected chi connectivity index (χ1v) is 17.0. The minimum absolute atomic E-state index is 0.0259. The molecule has 0 saturated carbocycles. The van der Waals surface area contributed by atoms with Crippen molar-refractivity contribution in [2.45, 2.75) is 59.8 Å². The summed E-state index contributed by atoms with van der Waals surface area (Å²) in [5.41, 5.74) is 13.7. The van der Waals surface area contributed by atoms with E-state index in [4.69, 9.17) is 9.97 Å². The van der Waals surface area contributed by atoms with E-state index in [0.29, 0.717) is 18.5 Å². The number of aromatic amines is 2. The van der Waals surface area contributed by atoms with E-state index in [2.05, 4.69) is 33.3 Å². The Morgan fingerprint density at radius 3 is 1.98 bits per heavy atom. The average molecular weight is 693 g/mol. The number of nitrogens with one attached hydrogen (secondary N) is 3. The number of hydrogen-bond donors (Lipinski definition) is 5. The summed E-state index contributed by atoms with van der Waals surface area (Å²) in [4.78, 5) is 51.8. The highest BCUT2D eigenvalue weighted by molar-refractivity contribution is 5.98. The number of carboxylic acids is 2. The Balaban J connectivity index is 0.000000573. The van der Waals surface area contributed by atoms with Crippen molar-refractivity contribution in [2.24, 2.45) is 0 Å². The number of aromatic nitrogens is 4. The second-order valence-corrected chi connectivity index (χ2v) is 13.0. The van der Waals surface area contributed by atoms with Crippen molar-refractivity contribution in [3.63, 3.8) is 0 Å². The van der Waals surface area contributed by atoms with Gasteiger partial charge in [-0.3, -0.25) is 14.4 Å². The molecule has 5 heterocycles. The van der Waals surface area contributed by atoms with Gasteiger partial charge in [0, 0.05) is 52.6 Å². The molecule has 8 bridgehead atoms. The molecule has 51 heavy (non-hydrogen) atoms. The van der Waals surface area contributed by atoms with E-state index in [1.165, 1.54) is 0 Å². The van der Waals surface area contributed by atoms with Crippen molar-refractivity contribution in [1.29, 1.82) is 0 Å². The lowest BCUT2D eigenvalue weighted by Crippen LogP contribution is -2.19. The third-order valence-electron chi connectivity index (χ3n) is 9.23. The number of fused-ring (bicyclic) bond motifs is 8. The number of carbonyl (C=O) groups excluding carboxylic acids is 1. The van der Waals surface area contributed by atoms with Crippen molar-refractivity contribution in [3.05, 3.63) is 88.5 Å². The standard InChI is InChI=1S/C34H34N4O4.C6H14N2O/c1-7-21-17(3)25-13-26-19(5)23(9-11-33(39)40)31(37-26)16-32-24(10-12-34(41)42)20(6)28(38-32)15-30-22(8-2)18(4)27(36-30)14-29(21)35-25;1-8(2)5-3-4-7-6-9/h7-8,13-16,35,38H,1-2,9-12H2,3-6H3,(H,39,40)(H,41,42);6H,3-5H2,1-2H3,(H,7,9). The minimum Gasteiger partial charge on any atom is -0.481 e. The molecule has 0 fully saturated rings. The summed E-state index contributed by atoms with van der Waals surface area (Å²) in [6, 6.07) is 7.88. The Labute approximate surface area is 298 Å². The van der Waals surface area contributed by atoms with Gasteiger partial charge in [-0.05, 0) is 125 Å². The van der Waals surface area contributed by atoms with E-state index >= 15 is 0 Å². The maximum atomic E-state index is 11.5. The lowest BCUT2D eigenvalue weighted by atomic mass is 10.0. The largest absolute Gasteiger partial charge is 0.481 e. The maximum absolute atomic E-state index is 11.5. The molecule has 0 saturated heterocycles. The molecule has 5 rings (SSSR count). The molecule has 0 aliphatic carbocycles. The smallest absolute Gasteiger partial charge is 0.303 e. The number of carboxylic acid groups (broad SMARTS) is 2. The SMILES string of the molecule is C=CC1=C(C)c2cc3[nH]c(cc4nc(cc5[nH]c(cc1n2)c(C)c5CCC(=O)O)C(CCC(=O)O)=C4C)c(C)c3C=C.CN(C)CCCNC=O. The fourth-order valence-electron chi connectivity index (χ4n) is 6.33. The van der Waals surface area contributed by atoms with Crippen molar-refractivity contribution in [1.82, 2.24) is 30.2 Å². The predicted molar refractivity (Wildman–Crippen MR) is 206 cm³/mol. The lowest BCUT2D eigenvalue weighted by Gasteiger charge is -2.07. The summed E-state index contributed by atoms with van der Waals surface area (Å²) >= 11 is 0. The monoisotopic (exact) mass is 692 g/mol. The Morgan fingerprint density at radius 2 is 1.35 bits per heavy atom. The molecule has 3 aromatic rings. The lowest BCUT2D eigenvalue weighted by molar-refractivity contribution is -0.137. The van der Waals surface area contributed by atoms with Gasteiger partial charge < -0.3 is 30.4 Å². The zero-order valence-electron chi connectivity index (χ0n) is 30.4. The van der Waals surface area contributed by atoms with Crippen LogP contribution in [0.25, 0.3) is 50.4 Å². The van der Waals surface area contributed by atoms with Gasteiger partial charge >= 0.3 is 11.9 Å². The third-order valence-corrected chi connectivity index (χ3v) is 9.23. The van der Waals surface area contributed by atoms with E-state index in [1.54, 1.807) is 6.08 Å². The van der Waals surface area contributed by atoms with Crippen LogP contribution in [-0.4, -0.2) is 80.6 Å². The predicted octanol–water partition coefficient (Wildman–Crippen LogP) is 7.19. The molecule has 0 unspecified atom stereocenters. The molecule has 11 heteroatoms. The van der Waals surface area contributed by atoms with Gasteiger partial charge in [0.2, 0.25) is 6.41 Å². The van der Waals surface area contributed by atoms with Crippen LogP contribution in [0.5, 0.6) is 0 Å². The van der Waals surface area contributed by atoms with Gasteiger partial charge in [0.25, 0.3) is 0 Å². The number of rotatable bonds is 13. The zero-order chi connectivity index (χ0) is 37.4. The van der Waals surface area contributed by atoms with Gasteiger partial charge in [-0.2, -0.15) is 0 Å². The zero-order valence-corrected chi connectivity index (χ0v) is 30.4. The normalized spacial score (nSPS) is 12.5. The van der Waals surface area contributed by atoms with Crippen molar-refractivity contribution in [2.75, 3.05) is 27.2 Å². The number of allylic oxidation sites excluding steroid dienone is 5. The van der Waals surface area contributed by atoms with E-state index in [1.807, 2.05) is 72.1 Å². The number of carbonyl (C=O) groups is 3. The Bertz CT molecular complexity index is 2100. The van der Waals surface area contributed by atoms with Gasteiger partial charge in [-0.1, -0.05) is 25.3 Å². The van der Waals surface area contributed by atoms with E-state index in [9.17, 15) is 24.6 Å². The van der Waals surface area contributed by atoms with Crippen molar-refractivity contribution < 1.29 is 24.6 Å². The number of nitrogens with zero attached hydrogens (tertiary/aromatic N) is 3. The van der Waals surface area contributed by atoms with Crippen LogP contribution < -0.4 is 5.32 Å². The van der Waals surface area contributed by atoms with Crippen LogP contribution in [0.3, 0.4) is 0 Å². The van der Waals surface area contributed by atoms with Crippen LogP contribution in [0.1, 0.15) is 84.6 Å². The second-order valence-electron chi connectivity index (χ2n) is 13.0. The highest BCUT2D eigenvalue weighted by Gasteiger charge is 2.21. The summed E-state index contributed by atoms with van der Waals surface area (Å²) in [6.07, 6.45) is 5.97. The Hall–Kier alpha value is -5.55. The molecule has 5 N–H and O–H groups in total. The molecule has 2 aliphatic heterocycles. The van der Waals surface area contributed by atoms with Crippen LogP contribution >= 0.6 is 0 Å². The quantitative estimate of drug-likeness (QED) is 0.0928. The molecule has 11 nitrogen and oxygen atoms in total. The first kappa shape index (κ1) is 38.3.